The number of hydrogen-bond donors (Lipinski definition) is 1. The fourth-order valence-electron chi connectivity index (χ4n) is 1.84. The summed E-state index contributed by atoms with van der Waals surface area (Å²) < 4.78 is 32.7. The molecule has 0 unspecified atom stereocenters. The summed E-state index contributed by atoms with van der Waals surface area (Å²) in [5, 5.41) is 3.33. The Kier molecular flexibility index (Phi) is 7.03. The second kappa shape index (κ2) is 8.02. The van der Waals surface area contributed by atoms with E-state index in [0.717, 1.165) is 32.4 Å². The Bertz CT molecular complexity index is 278. The van der Waals surface area contributed by atoms with Gasteiger partial charge in [0.1, 0.15) is 9.84 Å². The van der Waals surface area contributed by atoms with Gasteiger partial charge in [-0.1, -0.05) is 0 Å². The van der Waals surface area contributed by atoms with Crippen molar-refractivity contribution in [2.24, 2.45) is 0 Å². The molecule has 0 aliphatic carbocycles. The second-order valence-electron chi connectivity index (χ2n) is 4.34. The van der Waals surface area contributed by atoms with E-state index in [9.17, 15) is 8.42 Å². The molecule has 1 aliphatic heterocycles. The van der Waals surface area contributed by atoms with Gasteiger partial charge in [0.25, 0.3) is 0 Å². The van der Waals surface area contributed by atoms with E-state index < -0.39 is 9.84 Å². The summed E-state index contributed by atoms with van der Waals surface area (Å²) in [6.45, 7) is 2.91. The van der Waals surface area contributed by atoms with Gasteiger partial charge < -0.3 is 14.8 Å². The lowest BCUT2D eigenvalue weighted by Crippen LogP contribution is -2.39. The Morgan fingerprint density at radius 3 is 2.53 bits per heavy atom. The minimum Gasteiger partial charge on any atom is -0.385 e. The second-order valence-corrected chi connectivity index (χ2v) is 6.64. The summed E-state index contributed by atoms with van der Waals surface area (Å²) in [7, 11) is -1.07. The molecule has 0 aromatic heterocycles. The largest absolute Gasteiger partial charge is 0.385 e. The third kappa shape index (κ3) is 6.98. The molecule has 1 heterocycles. The summed E-state index contributed by atoms with van der Waals surface area (Å²) in [5.41, 5.74) is 0. The lowest BCUT2D eigenvalue weighted by atomic mass is 10.1. The maximum absolute atomic E-state index is 11.2. The van der Waals surface area contributed by atoms with Gasteiger partial charge in [-0.3, -0.25) is 0 Å². The van der Waals surface area contributed by atoms with Gasteiger partial charge in [-0.25, -0.2) is 8.42 Å². The van der Waals surface area contributed by atoms with Crippen molar-refractivity contribution in [2.45, 2.75) is 25.3 Å². The van der Waals surface area contributed by atoms with Crippen molar-refractivity contribution >= 4 is 9.84 Å². The minimum absolute atomic E-state index is 0.319. The van der Waals surface area contributed by atoms with E-state index in [1.54, 1.807) is 7.11 Å². The summed E-state index contributed by atoms with van der Waals surface area (Å²) >= 11 is 0. The first-order chi connectivity index (χ1) is 8.14. The summed E-state index contributed by atoms with van der Waals surface area (Å²) in [6.07, 6.45) is 2.37. The number of rotatable bonds is 8. The fraction of sp³-hybridized carbons (Fsp3) is 1.00. The van der Waals surface area contributed by atoms with Crippen molar-refractivity contribution in [1.82, 2.24) is 5.32 Å². The minimum atomic E-state index is -2.75. The predicted molar refractivity (Wildman–Crippen MR) is 67.0 cm³/mol. The van der Waals surface area contributed by atoms with Crippen molar-refractivity contribution in [3.63, 3.8) is 0 Å². The monoisotopic (exact) mass is 265 g/mol. The van der Waals surface area contributed by atoms with Crippen molar-refractivity contribution in [3.05, 3.63) is 0 Å². The quantitative estimate of drug-likeness (QED) is 0.635. The summed E-state index contributed by atoms with van der Waals surface area (Å²) in [5.74, 6) is 0.638. The first-order valence-corrected chi connectivity index (χ1v) is 7.97. The van der Waals surface area contributed by atoms with E-state index in [-0.39, 0.29) is 0 Å². The molecule has 0 bridgehead atoms. The Morgan fingerprint density at radius 2 is 1.88 bits per heavy atom. The Hall–Kier alpha value is -0.170. The smallest absolute Gasteiger partial charge is 0.150 e. The van der Waals surface area contributed by atoms with Crippen molar-refractivity contribution in [3.8, 4) is 0 Å². The molecule has 17 heavy (non-hydrogen) atoms. The van der Waals surface area contributed by atoms with Gasteiger partial charge in [0.05, 0.1) is 18.1 Å². The summed E-state index contributed by atoms with van der Waals surface area (Å²) in [6, 6.07) is 0.334. The Labute approximate surface area is 104 Å². The molecule has 1 N–H and O–H groups in total. The highest BCUT2D eigenvalue weighted by Crippen LogP contribution is 2.11. The van der Waals surface area contributed by atoms with Crippen LogP contribution in [-0.2, 0) is 19.3 Å². The molecule has 5 nitrogen and oxygen atoms in total. The van der Waals surface area contributed by atoms with Crippen LogP contribution in [0.15, 0.2) is 0 Å². The van der Waals surface area contributed by atoms with Crippen molar-refractivity contribution < 1.29 is 17.9 Å². The van der Waals surface area contributed by atoms with E-state index in [1.165, 1.54) is 0 Å². The number of sulfone groups is 1. The van der Waals surface area contributed by atoms with Gasteiger partial charge >= 0.3 is 0 Å². The van der Waals surface area contributed by atoms with Crippen LogP contribution >= 0.6 is 0 Å². The molecule has 0 amide bonds. The van der Waals surface area contributed by atoms with Gasteiger partial charge in [0, 0.05) is 32.9 Å². The molecule has 6 heteroatoms. The molecule has 1 fully saturated rings. The number of nitrogens with one attached hydrogen (secondary N) is 1. The number of methoxy groups -OCH3 is 1. The fourth-order valence-corrected chi connectivity index (χ4v) is 3.33. The average Bonchev–Trinajstić information content (AvgIpc) is 2.30. The zero-order valence-electron chi connectivity index (χ0n) is 10.5. The molecular formula is C11H23NO4S. The van der Waals surface area contributed by atoms with Crippen LogP contribution in [0, 0.1) is 0 Å². The standard InChI is InChI=1S/C11H23NO4S/c1-15-6-2-7-16-8-5-12-11-3-9-17(13,14)10-4-11/h11-12H,2-10H2,1H3. The van der Waals surface area contributed by atoms with E-state index in [4.69, 9.17) is 9.47 Å². The van der Waals surface area contributed by atoms with Crippen LogP contribution in [0.4, 0.5) is 0 Å². The molecule has 1 saturated heterocycles. The van der Waals surface area contributed by atoms with Crippen LogP contribution in [-0.4, -0.2) is 59.4 Å². The molecule has 0 saturated carbocycles. The zero-order chi connectivity index (χ0) is 12.6. The first kappa shape index (κ1) is 14.9. The summed E-state index contributed by atoms with van der Waals surface area (Å²) in [4.78, 5) is 0. The normalized spacial score (nSPS) is 20.5. The molecule has 0 radical (unpaired) electrons. The van der Waals surface area contributed by atoms with Gasteiger partial charge in [-0.2, -0.15) is 0 Å². The van der Waals surface area contributed by atoms with Gasteiger partial charge in [0.2, 0.25) is 0 Å². The molecule has 0 aromatic rings. The molecule has 102 valence electrons. The van der Waals surface area contributed by atoms with Gasteiger partial charge in [-0.15, -0.1) is 0 Å². The maximum atomic E-state index is 11.2. The van der Waals surface area contributed by atoms with E-state index in [1.807, 2.05) is 0 Å². The lowest BCUT2D eigenvalue weighted by molar-refractivity contribution is 0.103. The lowest BCUT2D eigenvalue weighted by Gasteiger charge is -2.23. The van der Waals surface area contributed by atoms with Crippen molar-refractivity contribution in [2.75, 3.05) is 45.0 Å². The third-order valence-corrected chi connectivity index (χ3v) is 4.59. The molecule has 1 aliphatic rings. The SMILES string of the molecule is COCCCOCCNC1CCS(=O)(=O)CC1. The maximum Gasteiger partial charge on any atom is 0.150 e. The highest BCUT2D eigenvalue weighted by molar-refractivity contribution is 7.91. The molecule has 0 aromatic carbocycles. The van der Waals surface area contributed by atoms with E-state index in [0.29, 0.717) is 30.8 Å². The Morgan fingerprint density at radius 1 is 1.18 bits per heavy atom. The van der Waals surface area contributed by atoms with Gasteiger partial charge in [-0.05, 0) is 19.3 Å². The van der Waals surface area contributed by atoms with Crippen LogP contribution in [0.5, 0.6) is 0 Å². The first-order valence-electron chi connectivity index (χ1n) is 6.14. The number of hydrogen-bond acceptors (Lipinski definition) is 5. The van der Waals surface area contributed by atoms with Crippen LogP contribution in [0.1, 0.15) is 19.3 Å². The van der Waals surface area contributed by atoms with Gasteiger partial charge in [0.15, 0.2) is 0 Å². The predicted octanol–water partition coefficient (Wildman–Crippen LogP) is 0.206. The molecular weight excluding hydrogens is 242 g/mol. The highest BCUT2D eigenvalue weighted by Gasteiger charge is 2.22. The molecule has 1 rings (SSSR count). The van der Waals surface area contributed by atoms with Crippen LogP contribution in [0.25, 0.3) is 0 Å². The zero-order valence-corrected chi connectivity index (χ0v) is 11.3. The number of ether oxygens (including phenoxy) is 2. The topological polar surface area (TPSA) is 64.6 Å². The van der Waals surface area contributed by atoms with E-state index >= 15 is 0 Å². The van der Waals surface area contributed by atoms with Crippen LogP contribution in [0.3, 0.4) is 0 Å². The van der Waals surface area contributed by atoms with Crippen LogP contribution < -0.4 is 5.32 Å². The molecule has 0 spiro atoms. The third-order valence-electron chi connectivity index (χ3n) is 2.87. The van der Waals surface area contributed by atoms with Crippen molar-refractivity contribution in [1.29, 1.82) is 0 Å². The average molecular weight is 265 g/mol. The molecule has 0 atom stereocenters. The Balaban J connectivity index is 1.94. The van der Waals surface area contributed by atoms with Crippen LogP contribution in [0.2, 0.25) is 0 Å². The van der Waals surface area contributed by atoms with E-state index in [2.05, 4.69) is 5.32 Å². The highest BCUT2D eigenvalue weighted by atomic mass is 32.2.